The van der Waals surface area contributed by atoms with Crippen molar-refractivity contribution in [3.63, 3.8) is 0 Å². The van der Waals surface area contributed by atoms with Gasteiger partial charge >= 0.3 is 5.97 Å². The fraction of sp³-hybridized carbons (Fsp3) is 0.250. The molecule has 0 radical (unpaired) electrons. The zero-order valence-corrected chi connectivity index (χ0v) is 13.0. The molecule has 0 aliphatic rings. The van der Waals surface area contributed by atoms with Gasteiger partial charge in [-0.2, -0.15) is 0 Å². The molecule has 0 amide bonds. The normalized spacial score (nSPS) is 11.2. The van der Waals surface area contributed by atoms with Gasteiger partial charge in [0.1, 0.15) is 4.88 Å². The molecule has 5 heteroatoms. The first-order valence-corrected chi connectivity index (χ1v) is 7.65. The van der Waals surface area contributed by atoms with Crippen LogP contribution in [0.15, 0.2) is 24.3 Å². The number of fused-ring (bicyclic) bond motifs is 1. The summed E-state index contributed by atoms with van der Waals surface area (Å²) in [6, 6.07) is 8.26. The van der Waals surface area contributed by atoms with Crippen molar-refractivity contribution < 1.29 is 9.90 Å². The summed E-state index contributed by atoms with van der Waals surface area (Å²) in [5.74, 6) is -0.887. The maximum Gasteiger partial charge on any atom is 0.347 e. The Bertz CT molecular complexity index is 828. The summed E-state index contributed by atoms with van der Waals surface area (Å²) < 4.78 is 1.98. The van der Waals surface area contributed by atoms with Crippen LogP contribution < -0.4 is 0 Å². The fourth-order valence-electron chi connectivity index (χ4n) is 2.58. The van der Waals surface area contributed by atoms with Gasteiger partial charge < -0.3 is 5.11 Å². The number of aryl methyl sites for hydroxylation is 3. The Kier molecular flexibility index (Phi) is 3.29. The number of aromatic carboxylic acids is 1. The van der Waals surface area contributed by atoms with Crippen LogP contribution in [0.5, 0.6) is 0 Å². The molecule has 0 saturated carbocycles. The first-order valence-electron chi connectivity index (χ1n) is 6.84. The topological polar surface area (TPSA) is 54.6 Å². The minimum absolute atomic E-state index is 0.364. The molecular formula is C16H16N2O2S. The summed E-state index contributed by atoms with van der Waals surface area (Å²) in [6.07, 6.45) is 0.807. The van der Waals surface area contributed by atoms with E-state index in [0.717, 1.165) is 34.0 Å². The highest BCUT2D eigenvalue weighted by atomic mass is 32.1. The van der Waals surface area contributed by atoms with E-state index >= 15 is 0 Å². The van der Waals surface area contributed by atoms with E-state index in [1.807, 2.05) is 11.3 Å². The van der Waals surface area contributed by atoms with Gasteiger partial charge in [-0.1, -0.05) is 48.1 Å². The molecule has 2 heterocycles. The Morgan fingerprint density at radius 3 is 2.52 bits per heavy atom. The SMILES string of the molecule is CCc1c(-c2ccc(C)cc2)nc2sc(C(=O)O)c(C)n12. The number of imidazole rings is 1. The molecule has 0 aliphatic heterocycles. The molecule has 0 saturated heterocycles. The third-order valence-corrected chi connectivity index (χ3v) is 4.78. The van der Waals surface area contributed by atoms with Gasteiger partial charge in [-0.05, 0) is 20.3 Å². The van der Waals surface area contributed by atoms with Crippen LogP contribution in [-0.2, 0) is 6.42 Å². The van der Waals surface area contributed by atoms with E-state index in [9.17, 15) is 9.90 Å². The van der Waals surface area contributed by atoms with Crippen LogP contribution in [0.2, 0.25) is 0 Å². The summed E-state index contributed by atoms with van der Waals surface area (Å²) in [7, 11) is 0. The lowest BCUT2D eigenvalue weighted by atomic mass is 10.1. The maximum absolute atomic E-state index is 11.3. The van der Waals surface area contributed by atoms with Gasteiger partial charge in [0.25, 0.3) is 0 Å². The number of nitrogens with zero attached hydrogens (tertiary/aromatic N) is 2. The minimum Gasteiger partial charge on any atom is -0.477 e. The molecule has 4 nitrogen and oxygen atoms in total. The summed E-state index contributed by atoms with van der Waals surface area (Å²) in [5.41, 5.74) is 5.05. The molecule has 21 heavy (non-hydrogen) atoms. The van der Waals surface area contributed by atoms with Gasteiger partial charge in [0, 0.05) is 11.3 Å². The number of benzene rings is 1. The van der Waals surface area contributed by atoms with Crippen molar-refractivity contribution >= 4 is 22.3 Å². The predicted octanol–water partition coefficient (Wildman–Crippen LogP) is 3.94. The van der Waals surface area contributed by atoms with E-state index < -0.39 is 5.97 Å². The van der Waals surface area contributed by atoms with Gasteiger partial charge in [0.15, 0.2) is 4.96 Å². The number of thiazole rings is 1. The van der Waals surface area contributed by atoms with E-state index in [1.54, 1.807) is 0 Å². The van der Waals surface area contributed by atoms with E-state index in [-0.39, 0.29) is 0 Å². The number of hydrogen-bond donors (Lipinski definition) is 1. The molecule has 1 N–H and O–H groups in total. The molecule has 0 aliphatic carbocycles. The monoisotopic (exact) mass is 300 g/mol. The van der Waals surface area contributed by atoms with E-state index in [1.165, 1.54) is 16.9 Å². The molecule has 108 valence electrons. The van der Waals surface area contributed by atoms with Crippen molar-refractivity contribution in [3.05, 3.63) is 46.1 Å². The smallest absolute Gasteiger partial charge is 0.347 e. The number of rotatable bonds is 3. The van der Waals surface area contributed by atoms with Crippen molar-refractivity contribution in [2.75, 3.05) is 0 Å². The molecule has 0 fully saturated rings. The standard InChI is InChI=1S/C16H16N2O2S/c1-4-12-13(11-7-5-9(2)6-8-11)17-16-18(12)10(3)14(21-16)15(19)20/h5-8H,4H2,1-3H3,(H,19,20). The first-order chi connectivity index (χ1) is 10.0. The number of carbonyl (C=O) groups is 1. The van der Waals surface area contributed by atoms with Crippen LogP contribution in [-0.4, -0.2) is 20.5 Å². The van der Waals surface area contributed by atoms with Crippen LogP contribution in [0.3, 0.4) is 0 Å². The second-order valence-corrected chi connectivity index (χ2v) is 6.04. The zero-order chi connectivity index (χ0) is 15.1. The second kappa shape index (κ2) is 5.00. The fourth-order valence-corrected chi connectivity index (χ4v) is 3.56. The van der Waals surface area contributed by atoms with E-state index in [0.29, 0.717) is 4.88 Å². The summed E-state index contributed by atoms with van der Waals surface area (Å²) in [6.45, 7) is 5.96. The molecule has 0 bridgehead atoms. The van der Waals surface area contributed by atoms with Gasteiger partial charge in [-0.25, -0.2) is 9.78 Å². The molecule has 0 spiro atoms. The van der Waals surface area contributed by atoms with Crippen molar-refractivity contribution in [1.82, 2.24) is 9.38 Å². The van der Waals surface area contributed by atoms with Gasteiger partial charge in [-0.15, -0.1) is 0 Å². The quantitative estimate of drug-likeness (QED) is 0.797. The Morgan fingerprint density at radius 1 is 1.29 bits per heavy atom. The highest BCUT2D eigenvalue weighted by Crippen LogP contribution is 2.31. The molecule has 1 aromatic carbocycles. The molecule has 0 atom stereocenters. The van der Waals surface area contributed by atoms with Crippen LogP contribution in [0.4, 0.5) is 0 Å². The van der Waals surface area contributed by atoms with Crippen LogP contribution in [0.25, 0.3) is 16.2 Å². The maximum atomic E-state index is 11.3. The molecule has 2 aromatic heterocycles. The Balaban J connectivity index is 2.25. The van der Waals surface area contributed by atoms with Gasteiger partial charge in [0.2, 0.25) is 0 Å². The van der Waals surface area contributed by atoms with Crippen molar-refractivity contribution in [2.24, 2.45) is 0 Å². The summed E-state index contributed by atoms with van der Waals surface area (Å²) >= 11 is 1.23. The molecule has 3 rings (SSSR count). The molecular weight excluding hydrogens is 284 g/mol. The first kappa shape index (κ1) is 13.8. The van der Waals surface area contributed by atoms with E-state index in [4.69, 9.17) is 0 Å². The van der Waals surface area contributed by atoms with Gasteiger partial charge in [-0.3, -0.25) is 4.40 Å². The van der Waals surface area contributed by atoms with Crippen LogP contribution in [0, 0.1) is 13.8 Å². The van der Waals surface area contributed by atoms with Crippen molar-refractivity contribution in [3.8, 4) is 11.3 Å². The van der Waals surface area contributed by atoms with E-state index in [2.05, 4.69) is 43.1 Å². The number of carboxylic acid groups (broad SMARTS) is 1. The Hall–Kier alpha value is -2.14. The second-order valence-electron chi connectivity index (χ2n) is 5.07. The lowest BCUT2D eigenvalue weighted by molar-refractivity contribution is 0.0701. The Morgan fingerprint density at radius 2 is 1.95 bits per heavy atom. The van der Waals surface area contributed by atoms with Gasteiger partial charge in [0.05, 0.1) is 11.4 Å². The van der Waals surface area contributed by atoms with Crippen molar-refractivity contribution in [2.45, 2.75) is 27.2 Å². The number of carboxylic acids is 1. The van der Waals surface area contributed by atoms with Crippen LogP contribution in [0.1, 0.15) is 33.5 Å². The summed E-state index contributed by atoms with van der Waals surface area (Å²) in [5, 5.41) is 9.23. The van der Waals surface area contributed by atoms with Crippen LogP contribution >= 0.6 is 11.3 Å². The third kappa shape index (κ3) is 2.14. The summed E-state index contributed by atoms with van der Waals surface area (Å²) in [4.78, 5) is 17.0. The highest BCUT2D eigenvalue weighted by Gasteiger charge is 2.21. The lowest BCUT2D eigenvalue weighted by Gasteiger charge is -2.04. The third-order valence-electron chi connectivity index (χ3n) is 3.65. The predicted molar refractivity (Wildman–Crippen MR) is 84.3 cm³/mol. The largest absolute Gasteiger partial charge is 0.477 e. The minimum atomic E-state index is -0.887. The van der Waals surface area contributed by atoms with Crippen molar-refractivity contribution in [1.29, 1.82) is 0 Å². The Labute approximate surface area is 126 Å². The lowest BCUT2D eigenvalue weighted by Crippen LogP contribution is -1.99. The highest BCUT2D eigenvalue weighted by molar-refractivity contribution is 7.19. The molecule has 0 unspecified atom stereocenters. The number of hydrogen-bond acceptors (Lipinski definition) is 3. The average molecular weight is 300 g/mol. The average Bonchev–Trinajstić information content (AvgIpc) is 2.97. The molecule has 3 aromatic rings. The zero-order valence-electron chi connectivity index (χ0n) is 12.2. The number of aromatic nitrogens is 2.